The number of aliphatic hydroxyl groups is 2. The number of aromatic nitrogens is 2. The van der Waals surface area contributed by atoms with Crippen LogP contribution in [0.15, 0.2) is 53.5 Å². The smallest absolute Gasteiger partial charge is 0.394 e. The van der Waals surface area contributed by atoms with Gasteiger partial charge < -0.3 is 20.5 Å². The molecule has 32 heavy (non-hydrogen) atoms. The first kappa shape index (κ1) is 23.1. The van der Waals surface area contributed by atoms with Crippen LogP contribution in [0.1, 0.15) is 22.1 Å². The van der Waals surface area contributed by atoms with Crippen LogP contribution in [0.4, 0.5) is 17.6 Å². The van der Waals surface area contributed by atoms with Crippen molar-refractivity contribution in [3.8, 4) is 22.4 Å². The van der Waals surface area contributed by atoms with Crippen LogP contribution in [0, 0.1) is 5.82 Å². The molecule has 4 N–H and O–H groups in total. The number of nitrogens with two attached hydrogens (primary N) is 1. The van der Waals surface area contributed by atoms with Crippen LogP contribution in [0.5, 0.6) is 0 Å². The van der Waals surface area contributed by atoms with Crippen molar-refractivity contribution in [1.82, 2.24) is 9.55 Å². The van der Waals surface area contributed by atoms with Gasteiger partial charge in [0, 0.05) is 17.3 Å². The molecule has 3 rings (SSSR count). The molecule has 0 unspecified atom stereocenters. The lowest BCUT2D eigenvalue weighted by molar-refractivity contribution is -0.137. The van der Waals surface area contributed by atoms with Gasteiger partial charge in [-0.1, -0.05) is 24.3 Å². The summed E-state index contributed by atoms with van der Waals surface area (Å²) in [5, 5.41) is 18.8. The highest BCUT2D eigenvalue weighted by molar-refractivity contribution is 5.91. The minimum Gasteiger partial charge on any atom is -0.394 e. The van der Waals surface area contributed by atoms with E-state index in [1.54, 1.807) is 0 Å². The molecule has 1 heterocycles. The number of halogens is 4. The molecule has 0 fully saturated rings. The summed E-state index contributed by atoms with van der Waals surface area (Å²) in [6.07, 6.45) is -3.87. The lowest BCUT2D eigenvalue weighted by Crippen LogP contribution is -2.32. The Morgan fingerprint density at radius 2 is 1.72 bits per heavy atom. The number of primary amides is 1. The van der Waals surface area contributed by atoms with E-state index in [4.69, 9.17) is 5.73 Å². The Kier molecular flexibility index (Phi) is 6.42. The molecule has 7 nitrogen and oxygen atoms in total. The summed E-state index contributed by atoms with van der Waals surface area (Å²) in [6, 6.07) is 6.43. The van der Waals surface area contributed by atoms with Gasteiger partial charge in [0.25, 0.3) is 11.5 Å². The van der Waals surface area contributed by atoms with Gasteiger partial charge in [-0.15, -0.1) is 0 Å². The number of hydrogen-bond donors (Lipinski definition) is 3. The minimum atomic E-state index is -4.83. The van der Waals surface area contributed by atoms with Gasteiger partial charge in [0.1, 0.15) is 17.2 Å². The van der Waals surface area contributed by atoms with E-state index in [9.17, 15) is 37.4 Å². The van der Waals surface area contributed by atoms with E-state index >= 15 is 0 Å². The zero-order valence-corrected chi connectivity index (χ0v) is 16.3. The maximum atomic E-state index is 14.4. The normalized spacial score (nSPS) is 11.7. The minimum absolute atomic E-state index is 0.0182. The summed E-state index contributed by atoms with van der Waals surface area (Å²) >= 11 is 0. The third-order valence-electron chi connectivity index (χ3n) is 4.74. The van der Waals surface area contributed by atoms with Gasteiger partial charge in [-0.2, -0.15) is 13.2 Å². The third-order valence-corrected chi connectivity index (χ3v) is 4.74. The molecular formula is C21H17F4N3O4. The Hall–Kier alpha value is -3.57. The number of alkyl halides is 3. The first-order valence-corrected chi connectivity index (χ1v) is 9.19. The van der Waals surface area contributed by atoms with E-state index in [0.717, 1.165) is 35.0 Å². The molecule has 2 aromatic carbocycles. The molecule has 0 aliphatic carbocycles. The Labute approximate surface area is 178 Å². The molecule has 1 amide bonds. The second-order valence-corrected chi connectivity index (χ2v) is 6.81. The van der Waals surface area contributed by atoms with Crippen LogP contribution < -0.4 is 11.3 Å². The Morgan fingerprint density at radius 3 is 2.31 bits per heavy atom. The first-order chi connectivity index (χ1) is 15.1. The molecule has 11 heteroatoms. The monoisotopic (exact) mass is 451 g/mol. The van der Waals surface area contributed by atoms with Gasteiger partial charge >= 0.3 is 6.18 Å². The number of amides is 1. The van der Waals surface area contributed by atoms with E-state index in [2.05, 4.69) is 4.98 Å². The van der Waals surface area contributed by atoms with Crippen molar-refractivity contribution in [2.75, 3.05) is 13.2 Å². The van der Waals surface area contributed by atoms with Crippen LogP contribution in [0.2, 0.25) is 0 Å². The van der Waals surface area contributed by atoms with Gasteiger partial charge in [0.2, 0.25) is 0 Å². The standard InChI is InChI=1S/C21H17F4N3O4/c22-15-6-2-5-14(21(23,24)25)17(15)11-3-1-4-12(7-11)18-20(32)28(13(9-29)10-30)8-16(27-18)19(26)31/h1-8,13,29-30H,9-10H2,(H2,26,31). The van der Waals surface area contributed by atoms with Crippen LogP contribution >= 0.6 is 0 Å². The first-order valence-electron chi connectivity index (χ1n) is 9.19. The highest BCUT2D eigenvalue weighted by Crippen LogP contribution is 2.39. The molecular weight excluding hydrogens is 434 g/mol. The molecule has 0 saturated heterocycles. The van der Waals surface area contributed by atoms with E-state index < -0.39 is 53.8 Å². The van der Waals surface area contributed by atoms with Crippen LogP contribution in [-0.4, -0.2) is 38.9 Å². The molecule has 0 atom stereocenters. The summed E-state index contributed by atoms with van der Waals surface area (Å²) in [4.78, 5) is 28.5. The SMILES string of the molecule is NC(=O)c1cn(C(CO)CO)c(=O)c(-c2cccc(-c3c(F)cccc3C(F)(F)F)c2)n1. The Balaban J connectivity index is 2.27. The van der Waals surface area contributed by atoms with Crippen molar-refractivity contribution in [2.45, 2.75) is 12.2 Å². The van der Waals surface area contributed by atoms with Crippen molar-refractivity contribution >= 4 is 5.91 Å². The highest BCUT2D eigenvalue weighted by atomic mass is 19.4. The van der Waals surface area contributed by atoms with E-state index in [-0.39, 0.29) is 22.5 Å². The third kappa shape index (κ3) is 4.39. The predicted octanol–water partition coefficient (Wildman–Crippen LogP) is 2.36. The van der Waals surface area contributed by atoms with E-state index in [1.807, 2.05) is 0 Å². The maximum absolute atomic E-state index is 14.4. The average Bonchev–Trinajstić information content (AvgIpc) is 2.74. The van der Waals surface area contributed by atoms with Crippen molar-refractivity contribution in [3.63, 3.8) is 0 Å². The second-order valence-electron chi connectivity index (χ2n) is 6.81. The molecule has 0 saturated carbocycles. The second kappa shape index (κ2) is 8.89. The number of benzene rings is 2. The highest BCUT2D eigenvalue weighted by Gasteiger charge is 2.35. The molecule has 3 aromatic rings. The summed E-state index contributed by atoms with van der Waals surface area (Å²) in [7, 11) is 0. The Morgan fingerprint density at radius 1 is 1.09 bits per heavy atom. The van der Waals surface area contributed by atoms with Crippen molar-refractivity contribution < 1.29 is 32.6 Å². The fraction of sp³-hybridized carbons (Fsp3) is 0.190. The Bertz CT molecular complexity index is 1220. The quantitative estimate of drug-likeness (QED) is 0.498. The summed E-state index contributed by atoms with van der Waals surface area (Å²) in [5.74, 6) is -2.13. The average molecular weight is 451 g/mol. The lowest BCUT2D eigenvalue weighted by Gasteiger charge is -2.17. The van der Waals surface area contributed by atoms with Gasteiger partial charge in [0.15, 0.2) is 0 Å². The van der Waals surface area contributed by atoms with Crippen LogP contribution in [-0.2, 0) is 6.18 Å². The van der Waals surface area contributed by atoms with E-state index in [1.165, 1.54) is 18.2 Å². The predicted molar refractivity (Wildman–Crippen MR) is 106 cm³/mol. The zero-order valence-electron chi connectivity index (χ0n) is 16.3. The van der Waals surface area contributed by atoms with Gasteiger partial charge in [0.05, 0.1) is 24.8 Å². The number of carbonyl (C=O) groups excluding carboxylic acids is 1. The summed E-state index contributed by atoms with van der Waals surface area (Å²) in [6.45, 7) is -1.30. The van der Waals surface area contributed by atoms with Gasteiger partial charge in [-0.3, -0.25) is 9.59 Å². The number of nitrogens with zero attached hydrogens (tertiary/aromatic N) is 2. The van der Waals surface area contributed by atoms with E-state index in [0.29, 0.717) is 0 Å². The molecule has 0 aliphatic rings. The molecule has 1 aromatic heterocycles. The lowest BCUT2D eigenvalue weighted by atomic mass is 9.96. The van der Waals surface area contributed by atoms with Crippen molar-refractivity contribution in [3.05, 3.63) is 76.1 Å². The fourth-order valence-corrected chi connectivity index (χ4v) is 3.20. The largest absolute Gasteiger partial charge is 0.417 e. The summed E-state index contributed by atoms with van der Waals surface area (Å²) < 4.78 is 55.6. The number of aliphatic hydroxyl groups excluding tert-OH is 2. The maximum Gasteiger partial charge on any atom is 0.417 e. The van der Waals surface area contributed by atoms with Crippen molar-refractivity contribution in [1.29, 1.82) is 0 Å². The topological polar surface area (TPSA) is 118 Å². The number of hydrogen-bond acceptors (Lipinski definition) is 5. The van der Waals surface area contributed by atoms with Crippen molar-refractivity contribution in [2.24, 2.45) is 5.73 Å². The number of rotatable bonds is 6. The molecule has 0 spiro atoms. The number of carbonyl (C=O) groups is 1. The molecule has 0 aliphatic heterocycles. The van der Waals surface area contributed by atoms with Gasteiger partial charge in [-0.25, -0.2) is 9.37 Å². The molecule has 168 valence electrons. The summed E-state index contributed by atoms with van der Waals surface area (Å²) in [5.41, 5.74) is 1.55. The molecule has 0 radical (unpaired) electrons. The van der Waals surface area contributed by atoms with Gasteiger partial charge in [-0.05, 0) is 23.8 Å². The molecule has 0 bridgehead atoms. The van der Waals surface area contributed by atoms with Crippen LogP contribution in [0.3, 0.4) is 0 Å². The zero-order chi connectivity index (χ0) is 23.6. The van der Waals surface area contributed by atoms with Crippen LogP contribution in [0.25, 0.3) is 22.4 Å². The fourth-order valence-electron chi connectivity index (χ4n) is 3.20.